The molecular weight excluding hydrogens is 213 g/mol. The van der Waals surface area contributed by atoms with Crippen molar-refractivity contribution >= 4 is 8.18 Å². The van der Waals surface area contributed by atoms with Crippen LogP contribution in [-0.2, 0) is 9.30 Å². The summed E-state index contributed by atoms with van der Waals surface area (Å²) >= 11 is 0. The second-order valence-electron chi connectivity index (χ2n) is 3.15. The Morgan fingerprint density at radius 2 is 2.07 bits per heavy atom. The first-order valence-electron chi connectivity index (χ1n) is 4.67. The molecule has 0 aromatic heterocycles. The van der Waals surface area contributed by atoms with Crippen LogP contribution in [0.25, 0.3) is 0 Å². The number of nitrogens with one attached hydrogen (secondary N) is 1. The number of para-hydroxylation sites is 1. The molecule has 1 unspecified atom stereocenters. The highest BCUT2D eigenvalue weighted by Gasteiger charge is 2.22. The van der Waals surface area contributed by atoms with Crippen LogP contribution >= 0.6 is 8.18 Å². The van der Waals surface area contributed by atoms with Gasteiger partial charge in [-0.25, -0.2) is 4.52 Å². The molecule has 4 nitrogen and oxygen atoms in total. The van der Waals surface area contributed by atoms with E-state index in [0.29, 0.717) is 12.4 Å². The summed E-state index contributed by atoms with van der Waals surface area (Å²) in [5, 5.41) is 2.79. The molecule has 0 fully saturated rings. The number of benzene rings is 1. The zero-order valence-corrected chi connectivity index (χ0v) is 9.74. The van der Waals surface area contributed by atoms with Crippen molar-refractivity contribution in [3.8, 4) is 5.75 Å². The Hall–Kier alpha value is -0.960. The lowest BCUT2D eigenvalue weighted by atomic mass is 10.3. The molecule has 1 aromatic carbocycles. The molecule has 0 aliphatic heterocycles. The van der Waals surface area contributed by atoms with E-state index in [-0.39, 0.29) is 6.04 Å². The van der Waals surface area contributed by atoms with E-state index in [9.17, 15) is 4.57 Å². The van der Waals surface area contributed by atoms with Gasteiger partial charge in [0, 0.05) is 11.7 Å². The van der Waals surface area contributed by atoms with E-state index in [0.717, 1.165) is 0 Å². The number of methoxy groups -OCH3 is 1. The van der Waals surface area contributed by atoms with E-state index in [1.54, 1.807) is 19.2 Å². The van der Waals surface area contributed by atoms with Crippen molar-refractivity contribution in [2.75, 3.05) is 13.7 Å². The van der Waals surface area contributed by atoms with Gasteiger partial charge in [-0.2, -0.15) is 0 Å². The van der Waals surface area contributed by atoms with Gasteiger partial charge in [-0.05, 0) is 19.1 Å². The first-order chi connectivity index (χ1) is 7.22. The molecule has 82 valence electrons. The third-order valence-electron chi connectivity index (χ3n) is 1.67. The van der Waals surface area contributed by atoms with E-state index in [1.807, 2.05) is 25.1 Å². The topological polar surface area (TPSA) is 47.6 Å². The molecule has 1 aromatic rings. The maximum absolute atomic E-state index is 11.5. The van der Waals surface area contributed by atoms with Gasteiger partial charge in [0.2, 0.25) is 0 Å². The van der Waals surface area contributed by atoms with E-state index in [2.05, 4.69) is 5.09 Å². The second-order valence-corrected chi connectivity index (χ2v) is 4.10. The molecule has 0 aliphatic rings. The monoisotopic (exact) mass is 228 g/mol. The molecule has 0 radical (unpaired) electrons. The largest absolute Gasteiger partial charge is 0.664 e. The van der Waals surface area contributed by atoms with E-state index in [4.69, 9.17) is 9.26 Å². The second kappa shape index (κ2) is 6.51. The maximum atomic E-state index is 11.5. The van der Waals surface area contributed by atoms with Gasteiger partial charge in [0.1, 0.15) is 0 Å². The van der Waals surface area contributed by atoms with Crippen LogP contribution in [0.1, 0.15) is 6.92 Å². The van der Waals surface area contributed by atoms with Gasteiger partial charge in [-0.3, -0.25) is 0 Å². The highest BCUT2D eigenvalue weighted by Crippen LogP contribution is 2.23. The zero-order chi connectivity index (χ0) is 11.1. The summed E-state index contributed by atoms with van der Waals surface area (Å²) in [6, 6.07) is 9.06. The lowest BCUT2D eigenvalue weighted by Gasteiger charge is -2.02. The molecule has 15 heavy (non-hydrogen) atoms. The van der Waals surface area contributed by atoms with Gasteiger partial charge < -0.3 is 4.74 Å². The number of hydrogen-bond donors (Lipinski definition) is 1. The zero-order valence-electron chi connectivity index (χ0n) is 8.84. The van der Waals surface area contributed by atoms with Crippen molar-refractivity contribution in [1.82, 2.24) is 5.09 Å². The van der Waals surface area contributed by atoms with Crippen molar-refractivity contribution in [2.24, 2.45) is 0 Å². The fourth-order valence-electron chi connectivity index (χ4n) is 1.07. The van der Waals surface area contributed by atoms with Crippen LogP contribution in [0.3, 0.4) is 0 Å². The van der Waals surface area contributed by atoms with Crippen LogP contribution < -0.4 is 9.61 Å². The van der Waals surface area contributed by atoms with Gasteiger partial charge in [-0.15, -0.1) is 0 Å². The van der Waals surface area contributed by atoms with E-state index >= 15 is 0 Å². The third-order valence-corrected chi connectivity index (χ3v) is 2.70. The van der Waals surface area contributed by atoms with Crippen LogP contribution in [0.2, 0.25) is 0 Å². The van der Waals surface area contributed by atoms with Gasteiger partial charge >= 0.3 is 8.18 Å². The van der Waals surface area contributed by atoms with Crippen molar-refractivity contribution in [3.63, 3.8) is 0 Å². The lowest BCUT2D eigenvalue weighted by Crippen LogP contribution is -2.25. The minimum atomic E-state index is -1.89. The molecule has 5 heteroatoms. The Morgan fingerprint density at radius 3 is 2.67 bits per heavy atom. The summed E-state index contributed by atoms with van der Waals surface area (Å²) in [5.74, 6) is 0.593. The Kier molecular flexibility index (Phi) is 5.26. The molecule has 2 atom stereocenters. The fourth-order valence-corrected chi connectivity index (χ4v) is 1.87. The first-order valence-corrected chi connectivity index (χ1v) is 5.85. The predicted octanol–water partition coefficient (Wildman–Crippen LogP) is 2.35. The molecule has 1 N–H and O–H groups in total. The predicted molar refractivity (Wildman–Crippen MR) is 59.2 cm³/mol. The van der Waals surface area contributed by atoms with Crippen LogP contribution in [0.15, 0.2) is 30.3 Å². The fraction of sp³-hybridized carbons (Fsp3) is 0.400. The van der Waals surface area contributed by atoms with Gasteiger partial charge in [-0.1, -0.05) is 23.3 Å². The summed E-state index contributed by atoms with van der Waals surface area (Å²) < 4.78 is 21.5. The molecular formula is C10H15NO3P+. The Balaban J connectivity index is 2.36. The molecule has 0 heterocycles. The van der Waals surface area contributed by atoms with Crippen molar-refractivity contribution in [2.45, 2.75) is 13.0 Å². The molecule has 0 aliphatic carbocycles. The number of ether oxygens (including phenoxy) is 1. The number of hydrogen-bond acceptors (Lipinski definition) is 3. The van der Waals surface area contributed by atoms with E-state index in [1.165, 1.54) is 0 Å². The van der Waals surface area contributed by atoms with Crippen molar-refractivity contribution in [1.29, 1.82) is 0 Å². The molecule has 0 saturated heterocycles. The molecule has 0 amide bonds. The van der Waals surface area contributed by atoms with Gasteiger partial charge in [0.05, 0.1) is 12.6 Å². The van der Waals surface area contributed by atoms with Gasteiger partial charge in [0.15, 0.2) is 5.75 Å². The van der Waals surface area contributed by atoms with Gasteiger partial charge in [0.25, 0.3) is 0 Å². The molecule has 0 bridgehead atoms. The molecule has 1 rings (SSSR count). The summed E-state index contributed by atoms with van der Waals surface area (Å²) in [6.45, 7) is 2.38. The average Bonchev–Trinajstić information content (AvgIpc) is 2.19. The standard InChI is InChI=1S/C10H15NO3P/c1-9(8-13-2)11-15(12)14-10-6-4-3-5-7-10/h3-7,9H,8H2,1-2H3,(H,11,12)/q+1/t9-/m0/s1. The van der Waals surface area contributed by atoms with Crippen molar-refractivity contribution < 1.29 is 13.8 Å². The molecule has 0 spiro atoms. The van der Waals surface area contributed by atoms with Crippen LogP contribution in [0.4, 0.5) is 0 Å². The SMILES string of the molecule is COC[C@H](C)N[P+](=O)Oc1ccccc1. The number of rotatable bonds is 6. The Morgan fingerprint density at radius 1 is 1.40 bits per heavy atom. The third kappa shape index (κ3) is 4.88. The first kappa shape index (κ1) is 12.1. The average molecular weight is 228 g/mol. The minimum absolute atomic E-state index is 0.00215. The quantitative estimate of drug-likeness (QED) is 0.759. The van der Waals surface area contributed by atoms with Crippen molar-refractivity contribution in [3.05, 3.63) is 30.3 Å². The van der Waals surface area contributed by atoms with Crippen LogP contribution in [0.5, 0.6) is 5.75 Å². The summed E-state index contributed by atoms with van der Waals surface area (Å²) in [6.07, 6.45) is 0. The Labute approximate surface area is 90.5 Å². The molecule has 0 saturated carbocycles. The smallest absolute Gasteiger partial charge is 0.383 e. The summed E-state index contributed by atoms with van der Waals surface area (Å²) in [4.78, 5) is 0. The lowest BCUT2D eigenvalue weighted by molar-refractivity contribution is 0.179. The minimum Gasteiger partial charge on any atom is -0.383 e. The summed E-state index contributed by atoms with van der Waals surface area (Å²) in [7, 11) is -0.287. The summed E-state index contributed by atoms with van der Waals surface area (Å²) in [5.41, 5.74) is 0. The highest BCUT2D eigenvalue weighted by atomic mass is 31.1. The Bertz CT molecular complexity index is 305. The van der Waals surface area contributed by atoms with E-state index < -0.39 is 8.18 Å². The van der Waals surface area contributed by atoms with Crippen LogP contribution in [-0.4, -0.2) is 19.8 Å². The highest BCUT2D eigenvalue weighted by molar-refractivity contribution is 7.37. The normalized spacial score (nSPS) is 13.3. The maximum Gasteiger partial charge on any atom is 0.664 e. The van der Waals surface area contributed by atoms with Crippen LogP contribution in [0, 0.1) is 0 Å².